The molecule has 2 amide bonds. The quantitative estimate of drug-likeness (QED) is 0.336. The van der Waals surface area contributed by atoms with E-state index in [1.165, 1.54) is 0 Å². The number of fused-ring (bicyclic) bond motifs is 1. The Hall–Kier alpha value is -3.49. The summed E-state index contributed by atoms with van der Waals surface area (Å²) in [5.41, 5.74) is 3.41. The van der Waals surface area contributed by atoms with Gasteiger partial charge in [-0.2, -0.15) is 0 Å². The van der Waals surface area contributed by atoms with Crippen LogP contribution in [0.2, 0.25) is 0 Å². The molecule has 3 aromatic rings. The number of aromatic nitrogens is 1. The Morgan fingerprint density at radius 1 is 1.06 bits per heavy atom. The molecule has 1 saturated heterocycles. The molecular weight excluding hydrogens is 408 g/mol. The van der Waals surface area contributed by atoms with E-state index in [1.54, 1.807) is 35.9 Å². The number of nitrogens with one attached hydrogen (secondary N) is 3. The topological polar surface area (TPSA) is 113 Å². The average molecular weight is 434 g/mol. The minimum Gasteiger partial charge on any atom is -0.489 e. The highest BCUT2D eigenvalue weighted by Crippen LogP contribution is 2.24. The number of carbonyl (C=O) groups is 2. The fraction of sp³-hybridized carbons (Fsp3) is 0.292. The van der Waals surface area contributed by atoms with E-state index in [2.05, 4.69) is 15.6 Å². The van der Waals surface area contributed by atoms with Gasteiger partial charge in [-0.3, -0.25) is 19.8 Å². The molecule has 8 heteroatoms. The van der Waals surface area contributed by atoms with Crippen molar-refractivity contribution >= 4 is 22.7 Å². The van der Waals surface area contributed by atoms with Gasteiger partial charge in [0, 0.05) is 22.7 Å². The zero-order valence-corrected chi connectivity index (χ0v) is 17.6. The first kappa shape index (κ1) is 21.7. The molecule has 4 rings (SSSR count). The number of hydrogen-bond donors (Lipinski definition) is 4. The van der Waals surface area contributed by atoms with Gasteiger partial charge in [-0.25, -0.2) is 5.48 Å². The smallest absolute Gasteiger partial charge is 0.251 e. The molecule has 0 atom stereocenters. The van der Waals surface area contributed by atoms with Crippen LogP contribution < -0.4 is 20.9 Å². The van der Waals surface area contributed by atoms with Gasteiger partial charge in [-0.1, -0.05) is 18.2 Å². The van der Waals surface area contributed by atoms with E-state index in [4.69, 9.17) is 9.94 Å². The molecule has 8 nitrogen and oxygen atoms in total. The molecule has 2 heterocycles. The van der Waals surface area contributed by atoms with Gasteiger partial charge in [0.1, 0.15) is 12.4 Å². The summed E-state index contributed by atoms with van der Waals surface area (Å²) in [7, 11) is 0. The minimum absolute atomic E-state index is 0.0258. The Balaban J connectivity index is 1.41. The van der Waals surface area contributed by atoms with Crippen molar-refractivity contribution in [1.82, 2.24) is 21.1 Å². The third kappa shape index (κ3) is 5.04. The van der Waals surface area contributed by atoms with Crippen molar-refractivity contribution in [3.8, 4) is 5.75 Å². The van der Waals surface area contributed by atoms with E-state index in [9.17, 15) is 9.59 Å². The lowest BCUT2D eigenvalue weighted by Gasteiger charge is -2.37. The number of hydrogen-bond acceptors (Lipinski definition) is 6. The van der Waals surface area contributed by atoms with Crippen molar-refractivity contribution in [3.05, 3.63) is 71.9 Å². The van der Waals surface area contributed by atoms with E-state index in [0.717, 1.165) is 16.5 Å². The predicted molar refractivity (Wildman–Crippen MR) is 119 cm³/mol. The Labute approximate surface area is 186 Å². The molecule has 0 aliphatic carbocycles. The van der Waals surface area contributed by atoms with Crippen LogP contribution in [-0.2, 0) is 11.4 Å². The normalized spacial score (nSPS) is 15.2. The lowest BCUT2D eigenvalue weighted by atomic mass is 9.84. The van der Waals surface area contributed by atoms with Gasteiger partial charge in [0.2, 0.25) is 5.91 Å². The number of piperidine rings is 1. The largest absolute Gasteiger partial charge is 0.489 e. The molecule has 1 aliphatic heterocycles. The average Bonchev–Trinajstić information content (AvgIpc) is 2.83. The standard InChI is InChI=1S/C24H26N4O4/c29-22(28-31)15-24(10-13-25-14-11-24)27-23(30)17-5-7-19(8-6-17)32-16-18-9-12-26-21-4-2-1-3-20(18)21/h1-9,12,25,31H,10-11,13-16H2,(H,27,30)(H,28,29). The summed E-state index contributed by atoms with van der Waals surface area (Å²) in [5.74, 6) is -0.123. The summed E-state index contributed by atoms with van der Waals surface area (Å²) in [4.78, 5) is 29.0. The van der Waals surface area contributed by atoms with Crippen LogP contribution in [0.15, 0.2) is 60.8 Å². The second kappa shape index (κ2) is 9.76. The zero-order valence-electron chi connectivity index (χ0n) is 17.6. The predicted octanol–water partition coefficient (Wildman–Crippen LogP) is 2.56. The number of benzene rings is 2. The van der Waals surface area contributed by atoms with Crippen LogP contribution in [-0.4, -0.2) is 40.6 Å². The summed E-state index contributed by atoms with van der Waals surface area (Å²) < 4.78 is 5.92. The highest BCUT2D eigenvalue weighted by molar-refractivity contribution is 5.95. The van der Waals surface area contributed by atoms with E-state index >= 15 is 0 Å². The second-order valence-corrected chi connectivity index (χ2v) is 8.00. The maximum atomic E-state index is 12.9. The highest BCUT2D eigenvalue weighted by Gasteiger charge is 2.36. The first-order chi connectivity index (χ1) is 15.6. The number of carbonyl (C=O) groups excluding carboxylic acids is 2. The third-order valence-electron chi connectivity index (χ3n) is 5.81. The third-order valence-corrected chi connectivity index (χ3v) is 5.81. The Kier molecular flexibility index (Phi) is 6.63. The molecule has 2 aromatic carbocycles. The molecule has 1 aliphatic rings. The number of rotatable bonds is 7. The number of para-hydroxylation sites is 1. The van der Waals surface area contributed by atoms with Gasteiger partial charge >= 0.3 is 0 Å². The van der Waals surface area contributed by atoms with Crippen LogP contribution >= 0.6 is 0 Å². The van der Waals surface area contributed by atoms with Crippen molar-refractivity contribution in [3.63, 3.8) is 0 Å². The summed E-state index contributed by atoms with van der Waals surface area (Å²) in [5, 5.41) is 16.2. The lowest BCUT2D eigenvalue weighted by molar-refractivity contribution is -0.130. The SMILES string of the molecule is O=C(CC1(NC(=O)c2ccc(OCc3ccnc4ccccc34)cc2)CCNCC1)NO. The molecular formula is C24H26N4O4. The van der Waals surface area contributed by atoms with Crippen molar-refractivity contribution in [2.75, 3.05) is 13.1 Å². The highest BCUT2D eigenvalue weighted by atomic mass is 16.5. The van der Waals surface area contributed by atoms with E-state index in [0.29, 0.717) is 43.9 Å². The molecule has 0 saturated carbocycles. The number of hydroxylamine groups is 1. The molecule has 1 fully saturated rings. The molecule has 0 unspecified atom stereocenters. The van der Waals surface area contributed by atoms with E-state index in [-0.39, 0.29) is 12.3 Å². The Bertz CT molecular complexity index is 1090. The van der Waals surface area contributed by atoms with Gasteiger partial charge in [0.15, 0.2) is 0 Å². The number of amides is 2. The van der Waals surface area contributed by atoms with E-state index < -0.39 is 11.4 Å². The monoisotopic (exact) mass is 434 g/mol. The van der Waals surface area contributed by atoms with Crippen LogP contribution in [0.3, 0.4) is 0 Å². The van der Waals surface area contributed by atoms with Crippen LogP contribution in [0.5, 0.6) is 5.75 Å². The fourth-order valence-corrected chi connectivity index (χ4v) is 4.06. The number of nitrogens with zero attached hydrogens (tertiary/aromatic N) is 1. The second-order valence-electron chi connectivity index (χ2n) is 8.00. The maximum Gasteiger partial charge on any atom is 0.251 e. The van der Waals surface area contributed by atoms with Gasteiger partial charge in [-0.15, -0.1) is 0 Å². The molecule has 0 spiro atoms. The maximum absolute atomic E-state index is 12.9. The molecule has 166 valence electrons. The molecule has 32 heavy (non-hydrogen) atoms. The molecule has 4 N–H and O–H groups in total. The van der Waals surface area contributed by atoms with Crippen LogP contribution in [0.1, 0.15) is 35.2 Å². The minimum atomic E-state index is -0.688. The van der Waals surface area contributed by atoms with Crippen LogP contribution in [0.25, 0.3) is 10.9 Å². The van der Waals surface area contributed by atoms with Crippen molar-refractivity contribution in [1.29, 1.82) is 0 Å². The van der Waals surface area contributed by atoms with Crippen molar-refractivity contribution in [2.24, 2.45) is 0 Å². The summed E-state index contributed by atoms with van der Waals surface area (Å²) in [6.07, 6.45) is 3.00. The van der Waals surface area contributed by atoms with Crippen LogP contribution in [0, 0.1) is 0 Å². The number of ether oxygens (including phenoxy) is 1. The lowest BCUT2D eigenvalue weighted by Crippen LogP contribution is -2.56. The molecule has 1 aromatic heterocycles. The van der Waals surface area contributed by atoms with Gasteiger partial charge in [-0.05, 0) is 62.3 Å². The van der Waals surface area contributed by atoms with Gasteiger partial charge in [0.25, 0.3) is 5.91 Å². The van der Waals surface area contributed by atoms with Crippen molar-refractivity contribution < 1.29 is 19.5 Å². The summed E-state index contributed by atoms with van der Waals surface area (Å²) in [6.45, 7) is 1.77. The molecule has 0 bridgehead atoms. The Morgan fingerprint density at radius 2 is 1.81 bits per heavy atom. The van der Waals surface area contributed by atoms with Gasteiger partial charge < -0.3 is 15.4 Å². The van der Waals surface area contributed by atoms with Crippen molar-refractivity contribution in [2.45, 2.75) is 31.4 Å². The van der Waals surface area contributed by atoms with E-state index in [1.807, 2.05) is 30.3 Å². The summed E-state index contributed by atoms with van der Waals surface area (Å²) >= 11 is 0. The zero-order chi connectivity index (χ0) is 22.4. The Morgan fingerprint density at radius 3 is 2.56 bits per heavy atom. The van der Waals surface area contributed by atoms with Gasteiger partial charge in [0.05, 0.1) is 17.5 Å². The first-order valence-corrected chi connectivity index (χ1v) is 10.6. The molecule has 0 radical (unpaired) electrons. The summed E-state index contributed by atoms with van der Waals surface area (Å²) in [6, 6.07) is 16.8. The fourth-order valence-electron chi connectivity index (χ4n) is 4.06. The first-order valence-electron chi connectivity index (χ1n) is 10.6. The van der Waals surface area contributed by atoms with Crippen LogP contribution in [0.4, 0.5) is 0 Å². The number of pyridine rings is 1.